The standard InChI is InChI=1S/C23H20ClFN6O4S/c1-13-6-15(11-33-2)16(8-26)22(29-13)36-12-20(32)31-28-9-14-4-5-18(19(7-14)34-3)35-21-17(25)10-27-23(24)30-21/h4-7,9-10H,11-12H2,1-3H3,(H,31,32)/b28-9-. The van der Waals surface area contributed by atoms with E-state index in [0.717, 1.165) is 18.0 Å². The molecule has 0 aliphatic heterocycles. The Morgan fingerprint density at radius 1 is 1.31 bits per heavy atom. The van der Waals surface area contributed by atoms with E-state index >= 15 is 0 Å². The van der Waals surface area contributed by atoms with E-state index in [2.05, 4.69) is 31.5 Å². The molecule has 0 atom stereocenters. The zero-order chi connectivity index (χ0) is 26.1. The lowest BCUT2D eigenvalue weighted by Gasteiger charge is -2.10. The zero-order valence-corrected chi connectivity index (χ0v) is 21.0. The first-order valence-corrected chi connectivity index (χ1v) is 11.6. The molecule has 0 bridgehead atoms. The minimum absolute atomic E-state index is 0.00193. The molecule has 2 aromatic heterocycles. The molecule has 0 saturated heterocycles. The van der Waals surface area contributed by atoms with Gasteiger partial charge in [0.25, 0.3) is 5.88 Å². The highest BCUT2D eigenvalue weighted by molar-refractivity contribution is 8.00. The summed E-state index contributed by atoms with van der Waals surface area (Å²) in [5.74, 6) is -1.06. The third-order valence-electron chi connectivity index (χ3n) is 4.43. The number of hydrazone groups is 1. The maximum Gasteiger partial charge on any atom is 0.260 e. The van der Waals surface area contributed by atoms with Crippen LogP contribution in [0.1, 0.15) is 22.4 Å². The van der Waals surface area contributed by atoms with Gasteiger partial charge in [0, 0.05) is 12.8 Å². The van der Waals surface area contributed by atoms with Gasteiger partial charge in [0.05, 0.1) is 37.4 Å². The number of nitrogens with one attached hydrogen (secondary N) is 1. The average Bonchev–Trinajstić information content (AvgIpc) is 2.85. The Bertz CT molecular complexity index is 1330. The summed E-state index contributed by atoms with van der Waals surface area (Å²) in [5.41, 5.74) is 4.80. The highest BCUT2D eigenvalue weighted by atomic mass is 35.5. The summed E-state index contributed by atoms with van der Waals surface area (Å²) in [6.45, 7) is 2.07. The second-order valence-electron chi connectivity index (χ2n) is 7.03. The fourth-order valence-corrected chi connectivity index (χ4v) is 3.89. The Labute approximate surface area is 215 Å². The quantitative estimate of drug-likeness (QED) is 0.178. The van der Waals surface area contributed by atoms with Crippen molar-refractivity contribution in [3.8, 4) is 23.4 Å². The van der Waals surface area contributed by atoms with E-state index in [1.165, 1.54) is 19.4 Å². The number of nitrogens with zero attached hydrogens (tertiary/aromatic N) is 5. The monoisotopic (exact) mass is 530 g/mol. The second-order valence-corrected chi connectivity index (χ2v) is 8.34. The minimum Gasteiger partial charge on any atom is -0.493 e. The summed E-state index contributed by atoms with van der Waals surface area (Å²) in [5, 5.41) is 13.7. The Kier molecular flexibility index (Phi) is 9.52. The van der Waals surface area contributed by atoms with Crippen molar-refractivity contribution in [3.63, 3.8) is 0 Å². The molecule has 36 heavy (non-hydrogen) atoms. The number of methoxy groups -OCH3 is 2. The number of aromatic nitrogens is 3. The summed E-state index contributed by atoms with van der Waals surface area (Å²) >= 11 is 6.82. The number of amides is 1. The van der Waals surface area contributed by atoms with E-state index < -0.39 is 5.82 Å². The summed E-state index contributed by atoms with van der Waals surface area (Å²) in [7, 11) is 2.96. The third-order valence-corrected chi connectivity index (χ3v) is 5.58. The number of pyridine rings is 1. The lowest BCUT2D eigenvalue weighted by Crippen LogP contribution is -2.20. The Balaban J connectivity index is 1.62. The van der Waals surface area contributed by atoms with Gasteiger partial charge in [-0.15, -0.1) is 0 Å². The van der Waals surface area contributed by atoms with Crippen molar-refractivity contribution in [1.82, 2.24) is 20.4 Å². The van der Waals surface area contributed by atoms with Crippen LogP contribution in [0.25, 0.3) is 0 Å². The van der Waals surface area contributed by atoms with Crippen LogP contribution >= 0.6 is 23.4 Å². The topological polar surface area (TPSA) is 132 Å². The third kappa shape index (κ3) is 7.11. The Hall–Kier alpha value is -3.79. The number of rotatable bonds is 10. The predicted octanol–water partition coefficient (Wildman–Crippen LogP) is 4.03. The smallest absolute Gasteiger partial charge is 0.260 e. The maximum absolute atomic E-state index is 13.9. The molecule has 0 aliphatic rings. The van der Waals surface area contributed by atoms with E-state index in [0.29, 0.717) is 27.4 Å². The van der Waals surface area contributed by atoms with Gasteiger partial charge in [-0.1, -0.05) is 11.8 Å². The lowest BCUT2D eigenvalue weighted by atomic mass is 10.1. The molecule has 13 heteroatoms. The van der Waals surface area contributed by atoms with Crippen LogP contribution in [0.15, 0.2) is 40.6 Å². The molecule has 1 amide bonds. The molecule has 3 rings (SSSR count). The molecule has 3 aromatic rings. The first-order chi connectivity index (χ1) is 17.3. The molecule has 1 N–H and O–H groups in total. The number of benzene rings is 1. The average molecular weight is 531 g/mol. The first kappa shape index (κ1) is 26.8. The van der Waals surface area contributed by atoms with Gasteiger partial charge >= 0.3 is 0 Å². The highest BCUT2D eigenvalue weighted by Gasteiger charge is 2.14. The Morgan fingerprint density at radius 2 is 2.11 bits per heavy atom. The van der Waals surface area contributed by atoms with Gasteiger partial charge in [-0.2, -0.15) is 19.7 Å². The SMILES string of the molecule is COCc1cc(C)nc(SCC(=O)N/N=C\c2ccc(Oc3nc(Cl)ncc3F)c(OC)c2)c1C#N. The predicted molar refractivity (Wildman–Crippen MR) is 131 cm³/mol. The number of ether oxygens (including phenoxy) is 3. The molecule has 0 saturated carbocycles. The second kappa shape index (κ2) is 12.8. The van der Waals surface area contributed by atoms with Crippen molar-refractivity contribution in [2.45, 2.75) is 18.6 Å². The fourth-order valence-electron chi connectivity index (χ4n) is 2.90. The van der Waals surface area contributed by atoms with E-state index in [4.69, 9.17) is 25.8 Å². The van der Waals surface area contributed by atoms with E-state index in [1.807, 2.05) is 0 Å². The Morgan fingerprint density at radius 3 is 2.83 bits per heavy atom. The number of halogens is 2. The summed E-state index contributed by atoms with van der Waals surface area (Å²) < 4.78 is 29.7. The highest BCUT2D eigenvalue weighted by Crippen LogP contribution is 2.32. The largest absolute Gasteiger partial charge is 0.493 e. The molecule has 10 nitrogen and oxygen atoms in total. The van der Waals surface area contributed by atoms with E-state index in [9.17, 15) is 14.4 Å². The number of thioether (sulfide) groups is 1. The number of nitriles is 1. The molecule has 186 valence electrons. The van der Waals surface area contributed by atoms with Crippen LogP contribution in [-0.2, 0) is 16.1 Å². The molecule has 0 radical (unpaired) electrons. The van der Waals surface area contributed by atoms with Gasteiger partial charge in [-0.3, -0.25) is 4.79 Å². The first-order valence-electron chi connectivity index (χ1n) is 10.2. The molecule has 0 fully saturated rings. The van der Waals surface area contributed by atoms with Crippen molar-refractivity contribution >= 4 is 35.5 Å². The minimum atomic E-state index is -0.787. The fraction of sp³-hybridized carbons (Fsp3) is 0.217. The summed E-state index contributed by atoms with van der Waals surface area (Å²) in [4.78, 5) is 23.8. The number of hydrogen-bond acceptors (Lipinski definition) is 10. The number of aryl methyl sites for hydroxylation is 1. The summed E-state index contributed by atoms with van der Waals surface area (Å²) in [6.07, 6.45) is 2.30. The zero-order valence-electron chi connectivity index (χ0n) is 19.4. The van der Waals surface area contributed by atoms with Crippen LogP contribution in [0.2, 0.25) is 5.28 Å². The van der Waals surface area contributed by atoms with Crippen LogP contribution in [0.5, 0.6) is 17.4 Å². The maximum atomic E-state index is 13.9. The van der Waals surface area contributed by atoms with Gasteiger partial charge in [0.15, 0.2) is 11.5 Å². The molecule has 0 aliphatic carbocycles. The number of carbonyl (C=O) groups is 1. The van der Waals surface area contributed by atoms with E-state index in [-0.39, 0.29) is 40.9 Å². The van der Waals surface area contributed by atoms with E-state index in [1.54, 1.807) is 32.2 Å². The van der Waals surface area contributed by atoms with Crippen molar-refractivity contribution in [1.29, 1.82) is 5.26 Å². The normalized spacial score (nSPS) is 10.8. The summed E-state index contributed by atoms with van der Waals surface area (Å²) in [6, 6.07) is 8.62. The number of carbonyl (C=O) groups excluding carboxylic acids is 1. The molecule has 0 unspecified atom stereocenters. The van der Waals surface area contributed by atoms with Gasteiger partial charge in [0.1, 0.15) is 11.1 Å². The van der Waals surface area contributed by atoms with Gasteiger partial charge in [-0.05, 0) is 53.9 Å². The van der Waals surface area contributed by atoms with Crippen LogP contribution in [0.4, 0.5) is 4.39 Å². The molecule has 0 spiro atoms. The molecule has 2 heterocycles. The van der Waals surface area contributed by atoms with Crippen LogP contribution in [0, 0.1) is 24.1 Å². The van der Waals surface area contributed by atoms with Gasteiger partial charge in [0.2, 0.25) is 17.0 Å². The van der Waals surface area contributed by atoms with Crippen molar-refractivity contribution in [2.75, 3.05) is 20.0 Å². The van der Waals surface area contributed by atoms with Crippen molar-refractivity contribution < 1.29 is 23.4 Å². The van der Waals surface area contributed by atoms with Crippen molar-refractivity contribution in [2.24, 2.45) is 5.10 Å². The molecule has 1 aromatic carbocycles. The lowest BCUT2D eigenvalue weighted by molar-refractivity contribution is -0.118. The van der Waals surface area contributed by atoms with Crippen LogP contribution in [-0.4, -0.2) is 47.0 Å². The van der Waals surface area contributed by atoms with Crippen molar-refractivity contribution in [3.05, 3.63) is 63.9 Å². The van der Waals surface area contributed by atoms with Crippen LogP contribution in [0.3, 0.4) is 0 Å². The van der Waals surface area contributed by atoms with Crippen LogP contribution < -0.4 is 14.9 Å². The van der Waals surface area contributed by atoms with Gasteiger partial charge in [-0.25, -0.2) is 15.4 Å². The molecular formula is C23H20ClFN6O4S. The van der Waals surface area contributed by atoms with Gasteiger partial charge < -0.3 is 14.2 Å². The molecular weight excluding hydrogens is 511 g/mol. The number of hydrogen-bond donors (Lipinski definition) is 1.